The third kappa shape index (κ3) is 2.42. The lowest BCUT2D eigenvalue weighted by Crippen LogP contribution is -2.18. The lowest BCUT2D eigenvalue weighted by Gasteiger charge is -2.01. The fourth-order valence-electron chi connectivity index (χ4n) is 1.95. The van der Waals surface area contributed by atoms with Crippen molar-refractivity contribution in [3.8, 4) is 5.69 Å². The van der Waals surface area contributed by atoms with Crippen LogP contribution in [0.5, 0.6) is 0 Å². The molecule has 0 atom stereocenters. The van der Waals surface area contributed by atoms with E-state index in [-0.39, 0.29) is 12.2 Å². The van der Waals surface area contributed by atoms with Crippen molar-refractivity contribution >= 4 is 15.9 Å². The van der Waals surface area contributed by atoms with Crippen LogP contribution in [0, 0.1) is 0 Å². The second kappa shape index (κ2) is 5.54. The van der Waals surface area contributed by atoms with Crippen molar-refractivity contribution in [1.82, 2.24) is 9.78 Å². The Morgan fingerprint density at radius 2 is 2.00 bits per heavy atom. The number of hydrogen-bond donors (Lipinski definition) is 2. The van der Waals surface area contributed by atoms with Crippen LogP contribution in [0.4, 0.5) is 0 Å². The third-order valence-electron chi connectivity index (χ3n) is 2.87. The molecule has 5 heteroatoms. The van der Waals surface area contributed by atoms with Crippen LogP contribution in [-0.2, 0) is 12.8 Å². The van der Waals surface area contributed by atoms with Crippen LogP contribution in [0.2, 0.25) is 0 Å². The lowest BCUT2D eigenvalue weighted by atomic mass is 10.1. The summed E-state index contributed by atoms with van der Waals surface area (Å²) < 4.78 is 2.49. The van der Waals surface area contributed by atoms with E-state index in [1.807, 2.05) is 31.2 Å². The van der Waals surface area contributed by atoms with Gasteiger partial charge in [0.2, 0.25) is 0 Å². The highest BCUT2D eigenvalue weighted by atomic mass is 79.9. The highest BCUT2D eigenvalue weighted by Gasteiger charge is 2.13. The summed E-state index contributed by atoms with van der Waals surface area (Å²) in [6, 6.07) is 7.51. The Morgan fingerprint density at radius 3 is 2.56 bits per heavy atom. The number of nitrogens with zero attached hydrogens (tertiary/aromatic N) is 1. The number of H-pyrrole nitrogens is 1. The standard InChI is InChI=1S/C13H15BrN2O2/c1-2-12-11(7-8-17)13(18)16(15-12)10-5-3-9(14)4-6-10/h3-6,15,17H,2,7-8H2,1H3. The largest absolute Gasteiger partial charge is 0.396 e. The van der Waals surface area contributed by atoms with Crippen molar-refractivity contribution in [3.63, 3.8) is 0 Å². The van der Waals surface area contributed by atoms with Gasteiger partial charge in [-0.2, -0.15) is 0 Å². The Bertz CT molecular complexity index is 584. The Kier molecular flexibility index (Phi) is 4.04. The van der Waals surface area contributed by atoms with Crippen molar-refractivity contribution in [3.05, 3.63) is 50.3 Å². The molecule has 0 aliphatic heterocycles. The summed E-state index contributed by atoms with van der Waals surface area (Å²) in [7, 11) is 0. The molecule has 2 N–H and O–H groups in total. The number of aromatic nitrogens is 2. The van der Waals surface area contributed by atoms with E-state index in [4.69, 9.17) is 5.11 Å². The minimum atomic E-state index is -0.0803. The predicted octanol–water partition coefficient (Wildman–Crippen LogP) is 2.03. The Hall–Kier alpha value is -1.33. The van der Waals surface area contributed by atoms with Crippen molar-refractivity contribution in [2.75, 3.05) is 6.61 Å². The van der Waals surface area contributed by atoms with Gasteiger partial charge in [-0.05, 0) is 30.7 Å². The van der Waals surface area contributed by atoms with Crippen LogP contribution in [0.25, 0.3) is 5.69 Å². The summed E-state index contributed by atoms with van der Waals surface area (Å²) in [6.07, 6.45) is 1.14. The number of nitrogens with one attached hydrogen (secondary N) is 1. The number of rotatable bonds is 4. The first kappa shape index (κ1) is 13.1. The Balaban J connectivity index is 2.52. The molecule has 1 heterocycles. The van der Waals surface area contributed by atoms with Crippen LogP contribution >= 0.6 is 15.9 Å². The van der Waals surface area contributed by atoms with Gasteiger partial charge in [-0.3, -0.25) is 9.89 Å². The summed E-state index contributed by atoms with van der Waals surface area (Å²) in [5.41, 5.74) is 2.27. The minimum Gasteiger partial charge on any atom is -0.396 e. The van der Waals surface area contributed by atoms with E-state index in [1.54, 1.807) is 0 Å². The van der Waals surface area contributed by atoms with Gasteiger partial charge in [0, 0.05) is 28.8 Å². The average molecular weight is 311 g/mol. The zero-order chi connectivity index (χ0) is 13.1. The highest BCUT2D eigenvalue weighted by molar-refractivity contribution is 9.10. The highest BCUT2D eigenvalue weighted by Crippen LogP contribution is 2.13. The van der Waals surface area contributed by atoms with Gasteiger partial charge in [0.25, 0.3) is 5.56 Å². The Morgan fingerprint density at radius 1 is 1.33 bits per heavy atom. The second-order valence-electron chi connectivity index (χ2n) is 4.01. The van der Waals surface area contributed by atoms with Crippen LogP contribution in [0.1, 0.15) is 18.2 Å². The van der Waals surface area contributed by atoms with E-state index < -0.39 is 0 Å². The van der Waals surface area contributed by atoms with E-state index in [0.29, 0.717) is 12.0 Å². The van der Waals surface area contributed by atoms with E-state index >= 15 is 0 Å². The van der Waals surface area contributed by atoms with Gasteiger partial charge in [0.15, 0.2) is 0 Å². The van der Waals surface area contributed by atoms with Crippen molar-refractivity contribution < 1.29 is 5.11 Å². The second-order valence-corrected chi connectivity index (χ2v) is 4.93. The number of aromatic amines is 1. The molecule has 0 fully saturated rings. The number of aryl methyl sites for hydroxylation is 1. The van der Waals surface area contributed by atoms with Crippen LogP contribution in [0.3, 0.4) is 0 Å². The molecule has 0 saturated heterocycles. The molecule has 0 amide bonds. The zero-order valence-electron chi connectivity index (χ0n) is 10.1. The molecule has 18 heavy (non-hydrogen) atoms. The number of benzene rings is 1. The molecule has 1 aromatic carbocycles. The van der Waals surface area contributed by atoms with E-state index in [2.05, 4.69) is 21.0 Å². The molecule has 2 rings (SSSR count). The fourth-order valence-corrected chi connectivity index (χ4v) is 2.22. The molecule has 96 valence electrons. The number of aliphatic hydroxyl groups is 1. The molecule has 0 spiro atoms. The maximum atomic E-state index is 12.2. The maximum Gasteiger partial charge on any atom is 0.274 e. The quantitative estimate of drug-likeness (QED) is 0.908. The van der Waals surface area contributed by atoms with Gasteiger partial charge in [-0.15, -0.1) is 0 Å². The van der Waals surface area contributed by atoms with Gasteiger partial charge in [-0.1, -0.05) is 22.9 Å². The minimum absolute atomic E-state index is 0.0135. The number of aliphatic hydroxyl groups excluding tert-OH is 1. The molecule has 0 aliphatic rings. The number of hydrogen-bond acceptors (Lipinski definition) is 2. The fraction of sp³-hybridized carbons (Fsp3) is 0.308. The first-order valence-corrected chi connectivity index (χ1v) is 6.66. The van der Waals surface area contributed by atoms with Gasteiger partial charge in [-0.25, -0.2) is 4.68 Å². The summed E-state index contributed by atoms with van der Waals surface area (Å²) in [5.74, 6) is 0. The topological polar surface area (TPSA) is 58.0 Å². The molecule has 2 aromatic rings. The smallest absolute Gasteiger partial charge is 0.274 e. The SMILES string of the molecule is CCc1[nH]n(-c2ccc(Br)cc2)c(=O)c1CCO. The molecule has 1 aromatic heterocycles. The van der Waals surface area contributed by atoms with Gasteiger partial charge < -0.3 is 5.11 Å². The summed E-state index contributed by atoms with van der Waals surface area (Å²) >= 11 is 3.36. The summed E-state index contributed by atoms with van der Waals surface area (Å²) in [6.45, 7) is 1.97. The lowest BCUT2D eigenvalue weighted by molar-refractivity contribution is 0.299. The van der Waals surface area contributed by atoms with Gasteiger partial charge in [0.05, 0.1) is 5.69 Å². The summed E-state index contributed by atoms with van der Waals surface area (Å²) in [5, 5.41) is 12.1. The molecular formula is C13H15BrN2O2. The summed E-state index contributed by atoms with van der Waals surface area (Å²) in [4.78, 5) is 12.2. The Labute approximate surface area is 113 Å². The van der Waals surface area contributed by atoms with Gasteiger partial charge >= 0.3 is 0 Å². The maximum absolute atomic E-state index is 12.2. The molecule has 4 nitrogen and oxygen atoms in total. The monoisotopic (exact) mass is 310 g/mol. The molecular weight excluding hydrogens is 296 g/mol. The van der Waals surface area contributed by atoms with Gasteiger partial charge in [0.1, 0.15) is 0 Å². The van der Waals surface area contributed by atoms with Crippen molar-refractivity contribution in [1.29, 1.82) is 0 Å². The van der Waals surface area contributed by atoms with E-state index in [0.717, 1.165) is 22.3 Å². The molecule has 0 aliphatic carbocycles. The first-order chi connectivity index (χ1) is 8.67. The molecule has 0 unspecified atom stereocenters. The van der Waals surface area contributed by atoms with E-state index in [1.165, 1.54) is 4.68 Å². The average Bonchev–Trinajstić information content (AvgIpc) is 2.69. The van der Waals surface area contributed by atoms with Crippen LogP contribution in [-0.4, -0.2) is 21.5 Å². The van der Waals surface area contributed by atoms with Crippen molar-refractivity contribution in [2.24, 2.45) is 0 Å². The van der Waals surface area contributed by atoms with Crippen LogP contribution < -0.4 is 5.56 Å². The molecule has 0 saturated carbocycles. The van der Waals surface area contributed by atoms with E-state index in [9.17, 15) is 4.79 Å². The molecule has 0 radical (unpaired) electrons. The zero-order valence-corrected chi connectivity index (χ0v) is 11.7. The van der Waals surface area contributed by atoms with Crippen LogP contribution in [0.15, 0.2) is 33.5 Å². The third-order valence-corrected chi connectivity index (χ3v) is 3.40. The molecule has 0 bridgehead atoms. The number of halogens is 1. The normalized spacial score (nSPS) is 10.8. The van der Waals surface area contributed by atoms with Crippen molar-refractivity contribution in [2.45, 2.75) is 19.8 Å². The first-order valence-electron chi connectivity index (χ1n) is 5.87. The predicted molar refractivity (Wildman–Crippen MR) is 74.3 cm³/mol.